The van der Waals surface area contributed by atoms with Gasteiger partial charge in [0.1, 0.15) is 11.5 Å². The highest BCUT2D eigenvalue weighted by Crippen LogP contribution is 2.41. The van der Waals surface area contributed by atoms with Crippen LogP contribution in [0.1, 0.15) is 0 Å². The molecule has 0 fully saturated rings. The molecule has 3 rings (SSSR count). The summed E-state index contributed by atoms with van der Waals surface area (Å²) < 4.78 is 0. The predicted molar refractivity (Wildman–Crippen MR) is 71.5 cm³/mol. The summed E-state index contributed by atoms with van der Waals surface area (Å²) >= 11 is 0. The lowest BCUT2D eigenvalue weighted by molar-refractivity contribution is 0.458. The second kappa shape index (κ2) is 4.08. The smallest absolute Gasteiger partial charge is 0.135 e. The average molecular weight is 235 g/mol. The van der Waals surface area contributed by atoms with Crippen molar-refractivity contribution in [2.75, 3.05) is 0 Å². The van der Waals surface area contributed by atoms with Gasteiger partial charge in [-0.25, -0.2) is 0 Å². The van der Waals surface area contributed by atoms with Gasteiger partial charge in [-0.2, -0.15) is 0 Å². The minimum Gasteiger partial charge on any atom is -0.507 e. The van der Waals surface area contributed by atoms with Crippen LogP contribution in [0.5, 0.6) is 11.5 Å². The topological polar surface area (TPSA) is 40.5 Å². The lowest BCUT2D eigenvalue weighted by atomic mass is 9.98. The first-order valence-corrected chi connectivity index (χ1v) is 5.69. The quantitative estimate of drug-likeness (QED) is 0.674. The zero-order valence-corrected chi connectivity index (χ0v) is 9.59. The summed E-state index contributed by atoms with van der Waals surface area (Å²) in [5.41, 5.74) is 1.20. The van der Waals surface area contributed by atoms with E-state index in [0.717, 1.165) is 5.56 Å². The molecular weight excluding hydrogens is 224 g/mol. The lowest BCUT2D eigenvalue weighted by Gasteiger charge is -2.10. The SMILES string of the molecule is Oc1[c]c2ccccc2c(O)c1-c1ccccc1. The molecule has 0 unspecified atom stereocenters. The first-order valence-electron chi connectivity index (χ1n) is 5.69. The highest BCUT2D eigenvalue weighted by atomic mass is 16.3. The molecule has 0 heterocycles. The number of aromatic hydroxyl groups is 2. The first-order chi connectivity index (χ1) is 8.77. The number of phenols is 2. The van der Waals surface area contributed by atoms with Crippen LogP contribution in [-0.2, 0) is 0 Å². The molecule has 0 amide bonds. The summed E-state index contributed by atoms with van der Waals surface area (Å²) in [7, 11) is 0. The van der Waals surface area contributed by atoms with Gasteiger partial charge in [0.25, 0.3) is 0 Å². The maximum Gasteiger partial charge on any atom is 0.135 e. The van der Waals surface area contributed by atoms with E-state index in [9.17, 15) is 10.2 Å². The molecule has 0 aromatic heterocycles. The van der Waals surface area contributed by atoms with Crippen LogP contribution in [0.4, 0.5) is 0 Å². The number of phenolic OH excluding ortho intramolecular Hbond substituents is 2. The van der Waals surface area contributed by atoms with Gasteiger partial charge in [-0.3, -0.25) is 0 Å². The van der Waals surface area contributed by atoms with Crippen molar-refractivity contribution in [1.82, 2.24) is 0 Å². The molecule has 87 valence electrons. The third-order valence-electron chi connectivity index (χ3n) is 2.97. The minimum absolute atomic E-state index is 0.0302. The van der Waals surface area contributed by atoms with E-state index in [1.807, 2.05) is 54.6 Å². The van der Waals surface area contributed by atoms with Crippen LogP contribution < -0.4 is 0 Å². The van der Waals surface area contributed by atoms with Crippen LogP contribution in [0.15, 0.2) is 54.6 Å². The molecule has 0 atom stereocenters. The Bertz CT molecular complexity index is 703. The van der Waals surface area contributed by atoms with Crippen LogP contribution in [0.2, 0.25) is 0 Å². The molecule has 3 aromatic carbocycles. The van der Waals surface area contributed by atoms with E-state index in [1.54, 1.807) is 0 Å². The summed E-state index contributed by atoms with van der Waals surface area (Å²) in [6.45, 7) is 0. The molecule has 0 spiro atoms. The Labute approximate surface area is 105 Å². The number of hydrogen-bond donors (Lipinski definition) is 2. The van der Waals surface area contributed by atoms with E-state index in [-0.39, 0.29) is 11.5 Å². The van der Waals surface area contributed by atoms with E-state index in [2.05, 4.69) is 6.07 Å². The van der Waals surface area contributed by atoms with Gasteiger partial charge < -0.3 is 10.2 Å². The van der Waals surface area contributed by atoms with Crippen molar-refractivity contribution in [1.29, 1.82) is 0 Å². The fourth-order valence-corrected chi connectivity index (χ4v) is 2.11. The van der Waals surface area contributed by atoms with Crippen molar-refractivity contribution in [2.24, 2.45) is 0 Å². The molecule has 18 heavy (non-hydrogen) atoms. The largest absolute Gasteiger partial charge is 0.507 e. The zero-order chi connectivity index (χ0) is 12.5. The molecule has 2 heteroatoms. The van der Waals surface area contributed by atoms with Gasteiger partial charge in [-0.15, -0.1) is 0 Å². The number of fused-ring (bicyclic) bond motifs is 1. The van der Waals surface area contributed by atoms with E-state index in [4.69, 9.17) is 0 Å². The normalized spacial score (nSPS) is 10.7. The van der Waals surface area contributed by atoms with Gasteiger partial charge in [0.15, 0.2) is 0 Å². The van der Waals surface area contributed by atoms with Crippen molar-refractivity contribution >= 4 is 10.8 Å². The molecule has 0 aliphatic heterocycles. The first kappa shape index (κ1) is 10.7. The second-order valence-electron chi connectivity index (χ2n) is 4.11. The monoisotopic (exact) mass is 235 g/mol. The molecule has 1 radical (unpaired) electrons. The summed E-state index contributed by atoms with van der Waals surface area (Å²) in [5, 5.41) is 21.7. The molecular formula is C16H11O2. The molecule has 0 bridgehead atoms. The Morgan fingerprint density at radius 1 is 0.778 bits per heavy atom. The molecule has 2 N–H and O–H groups in total. The number of hydrogen-bond acceptors (Lipinski definition) is 2. The van der Waals surface area contributed by atoms with Crippen LogP contribution in [0.3, 0.4) is 0 Å². The maximum atomic E-state index is 10.3. The molecule has 0 aliphatic rings. The molecule has 2 nitrogen and oxygen atoms in total. The third kappa shape index (κ3) is 1.59. The maximum absolute atomic E-state index is 10.3. The van der Waals surface area contributed by atoms with Crippen LogP contribution in [0, 0.1) is 6.07 Å². The fourth-order valence-electron chi connectivity index (χ4n) is 2.11. The zero-order valence-electron chi connectivity index (χ0n) is 9.59. The predicted octanol–water partition coefficient (Wildman–Crippen LogP) is 3.72. The molecule has 0 aliphatic carbocycles. The standard InChI is InChI=1S/C16H11O2/c17-14-10-12-8-4-5-9-13(12)16(18)15(14)11-6-2-1-3-7-11/h1-9,17-18H. The van der Waals surface area contributed by atoms with Gasteiger partial charge in [0, 0.05) is 11.5 Å². The highest BCUT2D eigenvalue weighted by Gasteiger charge is 2.13. The summed E-state index contributed by atoms with van der Waals surface area (Å²) in [4.78, 5) is 0. The Balaban J connectivity index is 2.37. The number of rotatable bonds is 1. The van der Waals surface area contributed by atoms with Gasteiger partial charge >= 0.3 is 0 Å². The van der Waals surface area contributed by atoms with Crippen molar-refractivity contribution in [3.05, 3.63) is 60.7 Å². The van der Waals surface area contributed by atoms with E-state index < -0.39 is 0 Å². The van der Waals surface area contributed by atoms with E-state index in [1.165, 1.54) is 0 Å². The molecule has 0 saturated carbocycles. The average Bonchev–Trinajstić information content (AvgIpc) is 2.40. The molecule has 3 aromatic rings. The summed E-state index contributed by atoms with van der Waals surface area (Å²) in [5.74, 6) is 0.0606. The second-order valence-corrected chi connectivity index (χ2v) is 4.11. The van der Waals surface area contributed by atoms with Crippen LogP contribution >= 0.6 is 0 Å². The minimum atomic E-state index is -0.0302. The van der Waals surface area contributed by atoms with Crippen molar-refractivity contribution in [3.8, 4) is 22.6 Å². The van der Waals surface area contributed by atoms with Crippen LogP contribution in [0.25, 0.3) is 21.9 Å². The van der Waals surface area contributed by atoms with E-state index >= 15 is 0 Å². The summed E-state index contributed by atoms with van der Waals surface area (Å²) in [6, 6.07) is 19.5. The Hall–Kier alpha value is -2.48. The van der Waals surface area contributed by atoms with Gasteiger partial charge in [0.2, 0.25) is 0 Å². The third-order valence-corrected chi connectivity index (χ3v) is 2.97. The Morgan fingerprint density at radius 3 is 2.22 bits per heavy atom. The van der Waals surface area contributed by atoms with Crippen molar-refractivity contribution in [2.45, 2.75) is 0 Å². The fraction of sp³-hybridized carbons (Fsp3) is 0. The summed E-state index contributed by atoms with van der Waals surface area (Å²) in [6.07, 6.45) is 0. The van der Waals surface area contributed by atoms with Gasteiger partial charge in [-0.05, 0) is 10.9 Å². The van der Waals surface area contributed by atoms with Gasteiger partial charge in [0.05, 0.1) is 5.56 Å². The highest BCUT2D eigenvalue weighted by molar-refractivity contribution is 5.97. The van der Waals surface area contributed by atoms with Crippen molar-refractivity contribution in [3.63, 3.8) is 0 Å². The molecule has 0 saturated heterocycles. The van der Waals surface area contributed by atoms with E-state index in [0.29, 0.717) is 16.3 Å². The van der Waals surface area contributed by atoms with Crippen LogP contribution in [-0.4, -0.2) is 10.2 Å². The van der Waals surface area contributed by atoms with Crippen molar-refractivity contribution < 1.29 is 10.2 Å². The lowest BCUT2D eigenvalue weighted by Crippen LogP contribution is -1.83. The Morgan fingerprint density at radius 2 is 1.44 bits per heavy atom. The Kier molecular flexibility index (Phi) is 2.41. The van der Waals surface area contributed by atoms with Gasteiger partial charge in [-0.1, -0.05) is 54.6 Å². The number of benzene rings is 3.